The summed E-state index contributed by atoms with van der Waals surface area (Å²) in [6.45, 7) is 0. The fourth-order valence-electron chi connectivity index (χ4n) is 1.26. The van der Waals surface area contributed by atoms with E-state index in [9.17, 15) is 9.59 Å². The Hall–Kier alpha value is -2.30. The minimum absolute atomic E-state index is 0.288. The van der Waals surface area contributed by atoms with Gasteiger partial charge in [0.05, 0.1) is 11.3 Å². The van der Waals surface area contributed by atoms with Crippen LogP contribution in [0.5, 0.6) is 0 Å². The largest absolute Gasteiger partial charge is 0.298 e. The molecule has 1 heterocycles. The van der Waals surface area contributed by atoms with E-state index < -0.39 is 0 Å². The predicted octanol–water partition coefficient (Wildman–Crippen LogP) is 2.36. The summed E-state index contributed by atoms with van der Waals surface area (Å²) in [5.41, 5.74) is 0.600. The highest BCUT2D eigenvalue weighted by atomic mass is 32.1. The topological polar surface area (TPSA) is 71.4 Å². The van der Waals surface area contributed by atoms with Gasteiger partial charge in [-0.2, -0.15) is 4.99 Å². The van der Waals surface area contributed by atoms with Crippen LogP contribution in [-0.4, -0.2) is 17.0 Å². The van der Waals surface area contributed by atoms with Crippen LogP contribution in [0.2, 0.25) is 0 Å². The zero-order valence-electron chi connectivity index (χ0n) is 8.58. The van der Waals surface area contributed by atoms with Gasteiger partial charge in [-0.3, -0.25) is 10.1 Å². The van der Waals surface area contributed by atoms with Gasteiger partial charge in [-0.25, -0.2) is 9.78 Å². The van der Waals surface area contributed by atoms with Crippen LogP contribution in [0.1, 0.15) is 10.4 Å². The summed E-state index contributed by atoms with van der Waals surface area (Å²) in [4.78, 5) is 29.5. The van der Waals surface area contributed by atoms with E-state index in [1.54, 1.807) is 35.8 Å². The van der Waals surface area contributed by atoms with Gasteiger partial charge in [0.2, 0.25) is 6.08 Å². The van der Waals surface area contributed by atoms with E-state index in [0.29, 0.717) is 10.7 Å². The average molecular weight is 245 g/mol. The lowest BCUT2D eigenvalue weighted by atomic mass is 10.1. The standard InChI is InChI=1S/C11H7N3O2S/c15-7-13-9-4-2-1-3-8(9)10(16)14-11-12-5-6-17-11/h1-6H,(H,12,14,16). The van der Waals surface area contributed by atoms with Crippen molar-refractivity contribution >= 4 is 34.1 Å². The number of amides is 1. The number of carbonyl (C=O) groups is 1. The summed E-state index contributed by atoms with van der Waals surface area (Å²) in [5, 5.41) is 4.87. The van der Waals surface area contributed by atoms with Gasteiger partial charge in [0.15, 0.2) is 5.13 Å². The zero-order valence-corrected chi connectivity index (χ0v) is 9.40. The van der Waals surface area contributed by atoms with Crippen LogP contribution in [0.4, 0.5) is 10.8 Å². The Kier molecular flexibility index (Phi) is 3.40. The van der Waals surface area contributed by atoms with E-state index in [1.807, 2.05) is 0 Å². The Balaban J connectivity index is 2.27. The molecule has 1 aromatic heterocycles. The Morgan fingerprint density at radius 1 is 1.41 bits per heavy atom. The van der Waals surface area contributed by atoms with Crippen molar-refractivity contribution < 1.29 is 9.59 Å². The van der Waals surface area contributed by atoms with Gasteiger partial charge in [-0.05, 0) is 12.1 Å². The minimum atomic E-state index is -0.352. The second-order valence-corrected chi connectivity index (χ2v) is 3.91. The highest BCUT2D eigenvalue weighted by Crippen LogP contribution is 2.20. The van der Waals surface area contributed by atoms with Gasteiger partial charge in [-0.1, -0.05) is 12.1 Å². The summed E-state index contributed by atoms with van der Waals surface area (Å²) in [6.07, 6.45) is 3.01. The van der Waals surface area contributed by atoms with Gasteiger partial charge in [0, 0.05) is 11.6 Å². The van der Waals surface area contributed by atoms with Crippen molar-refractivity contribution in [3.63, 3.8) is 0 Å². The normalized spacial score (nSPS) is 9.41. The second-order valence-electron chi connectivity index (χ2n) is 3.01. The molecule has 5 nitrogen and oxygen atoms in total. The monoisotopic (exact) mass is 245 g/mol. The first-order valence-corrected chi connectivity index (χ1v) is 5.57. The number of benzene rings is 1. The number of hydrogen-bond donors (Lipinski definition) is 1. The van der Waals surface area contributed by atoms with Gasteiger partial charge in [-0.15, -0.1) is 11.3 Å². The van der Waals surface area contributed by atoms with Gasteiger partial charge >= 0.3 is 0 Å². The first kappa shape index (κ1) is 11.2. The second kappa shape index (κ2) is 5.16. The van der Waals surface area contributed by atoms with Crippen LogP contribution < -0.4 is 5.32 Å². The maximum absolute atomic E-state index is 11.9. The smallest absolute Gasteiger partial charge is 0.259 e. The molecule has 1 N–H and O–H groups in total. The number of thiazole rings is 1. The van der Waals surface area contributed by atoms with E-state index in [-0.39, 0.29) is 11.6 Å². The Labute approximate surface area is 101 Å². The highest BCUT2D eigenvalue weighted by Gasteiger charge is 2.11. The molecule has 1 amide bonds. The molecule has 0 fully saturated rings. The third kappa shape index (κ3) is 2.63. The molecule has 6 heteroatoms. The van der Waals surface area contributed by atoms with E-state index in [0.717, 1.165) is 0 Å². The number of isocyanates is 1. The molecule has 0 aliphatic carbocycles. The first-order valence-electron chi connectivity index (χ1n) is 4.69. The average Bonchev–Trinajstić information content (AvgIpc) is 2.83. The number of rotatable bonds is 3. The predicted molar refractivity (Wildman–Crippen MR) is 64.3 cm³/mol. The molecule has 0 spiro atoms. The van der Waals surface area contributed by atoms with Crippen molar-refractivity contribution in [2.45, 2.75) is 0 Å². The Morgan fingerprint density at radius 2 is 2.24 bits per heavy atom. The van der Waals surface area contributed by atoms with Crippen LogP contribution in [0, 0.1) is 0 Å². The minimum Gasteiger partial charge on any atom is -0.298 e. The number of anilines is 1. The summed E-state index contributed by atoms with van der Waals surface area (Å²) in [6, 6.07) is 6.54. The molecule has 0 saturated heterocycles. The Morgan fingerprint density at radius 3 is 2.94 bits per heavy atom. The fraction of sp³-hybridized carbons (Fsp3) is 0. The zero-order chi connectivity index (χ0) is 12.1. The van der Waals surface area contributed by atoms with E-state index in [4.69, 9.17) is 0 Å². The number of carbonyl (C=O) groups excluding carboxylic acids is 2. The molecule has 17 heavy (non-hydrogen) atoms. The van der Waals surface area contributed by atoms with Crippen molar-refractivity contribution in [3.8, 4) is 0 Å². The number of hydrogen-bond acceptors (Lipinski definition) is 5. The maximum Gasteiger partial charge on any atom is 0.259 e. The van der Waals surface area contributed by atoms with Crippen molar-refractivity contribution in [2.24, 2.45) is 4.99 Å². The third-order valence-corrected chi connectivity index (χ3v) is 2.66. The molecular weight excluding hydrogens is 238 g/mol. The molecular formula is C11H7N3O2S. The van der Waals surface area contributed by atoms with Gasteiger partial charge < -0.3 is 0 Å². The molecule has 0 atom stereocenters. The number of nitrogens with zero attached hydrogens (tertiary/aromatic N) is 2. The van der Waals surface area contributed by atoms with E-state index in [2.05, 4.69) is 15.3 Å². The van der Waals surface area contributed by atoms with Gasteiger partial charge in [0.25, 0.3) is 5.91 Å². The van der Waals surface area contributed by atoms with Crippen LogP contribution in [0.15, 0.2) is 40.8 Å². The number of para-hydroxylation sites is 1. The Bertz CT molecular complexity index is 574. The molecule has 0 aliphatic rings. The SMILES string of the molecule is O=C=Nc1ccccc1C(=O)Nc1nccs1. The third-order valence-electron chi connectivity index (χ3n) is 1.97. The number of nitrogens with one attached hydrogen (secondary N) is 1. The first-order chi connectivity index (χ1) is 8.31. The highest BCUT2D eigenvalue weighted by molar-refractivity contribution is 7.13. The lowest BCUT2D eigenvalue weighted by Gasteiger charge is -2.03. The molecule has 0 bridgehead atoms. The van der Waals surface area contributed by atoms with E-state index in [1.165, 1.54) is 17.4 Å². The summed E-state index contributed by atoms with van der Waals surface area (Å²) in [7, 11) is 0. The number of aromatic nitrogens is 1. The van der Waals surface area contributed by atoms with Crippen LogP contribution in [0.3, 0.4) is 0 Å². The molecule has 1 aromatic carbocycles. The van der Waals surface area contributed by atoms with Crippen LogP contribution >= 0.6 is 11.3 Å². The summed E-state index contributed by atoms with van der Waals surface area (Å²) >= 11 is 1.31. The molecule has 84 valence electrons. The molecule has 0 radical (unpaired) electrons. The molecule has 0 saturated carbocycles. The summed E-state index contributed by atoms with van der Waals surface area (Å²) < 4.78 is 0. The van der Waals surface area contributed by atoms with Crippen molar-refractivity contribution in [1.29, 1.82) is 0 Å². The lowest BCUT2D eigenvalue weighted by molar-refractivity contribution is 0.102. The van der Waals surface area contributed by atoms with Crippen LogP contribution in [0.25, 0.3) is 0 Å². The fourth-order valence-corrected chi connectivity index (χ4v) is 1.79. The van der Waals surface area contributed by atoms with Crippen LogP contribution in [-0.2, 0) is 4.79 Å². The maximum atomic E-state index is 11.9. The quantitative estimate of drug-likeness (QED) is 0.666. The molecule has 2 rings (SSSR count). The molecule has 2 aromatic rings. The van der Waals surface area contributed by atoms with Crippen molar-refractivity contribution in [2.75, 3.05) is 5.32 Å². The van der Waals surface area contributed by atoms with Gasteiger partial charge in [0.1, 0.15) is 0 Å². The summed E-state index contributed by atoms with van der Waals surface area (Å²) in [5.74, 6) is -0.352. The molecule has 0 unspecified atom stereocenters. The number of aliphatic imine (C=N–C) groups is 1. The van der Waals surface area contributed by atoms with Crippen molar-refractivity contribution in [3.05, 3.63) is 41.4 Å². The molecule has 0 aliphatic heterocycles. The lowest BCUT2D eigenvalue weighted by Crippen LogP contribution is -2.11. The van der Waals surface area contributed by atoms with Crippen molar-refractivity contribution in [1.82, 2.24) is 4.98 Å². The van der Waals surface area contributed by atoms with E-state index >= 15 is 0 Å².